The van der Waals surface area contributed by atoms with Crippen molar-refractivity contribution in [2.75, 3.05) is 11.9 Å². The molecule has 0 bridgehead atoms. The van der Waals surface area contributed by atoms with Crippen LogP contribution in [0.2, 0.25) is 0 Å². The summed E-state index contributed by atoms with van der Waals surface area (Å²) < 4.78 is 6.33. The van der Waals surface area contributed by atoms with Gasteiger partial charge in [0.05, 0.1) is 0 Å². The molecule has 0 aliphatic carbocycles. The molecule has 0 fully saturated rings. The van der Waals surface area contributed by atoms with Crippen LogP contribution in [0.15, 0.2) is 47.1 Å². The molecule has 0 saturated carbocycles. The number of hydrogen-bond acceptors (Lipinski definition) is 3. The first-order chi connectivity index (χ1) is 9.13. The molecule has 19 heavy (non-hydrogen) atoms. The van der Waals surface area contributed by atoms with Crippen molar-refractivity contribution in [3.63, 3.8) is 0 Å². The normalized spacial score (nSPS) is 10.0. The molecule has 98 valence electrons. The Morgan fingerprint density at radius 3 is 2.74 bits per heavy atom. The third-order valence-electron chi connectivity index (χ3n) is 2.37. The van der Waals surface area contributed by atoms with Gasteiger partial charge in [-0.05, 0) is 48.9 Å². The second-order valence-corrected chi connectivity index (χ2v) is 4.92. The number of nitrogens with zero attached hydrogens (tertiary/aromatic N) is 1. The first kappa shape index (κ1) is 13.5. The van der Waals surface area contributed by atoms with Crippen molar-refractivity contribution >= 4 is 27.7 Å². The number of hydrogen-bond donors (Lipinski definition) is 1. The molecule has 0 aliphatic rings. The summed E-state index contributed by atoms with van der Waals surface area (Å²) in [7, 11) is 0. The standard InChI is InChI=1S/C14H13BrN2O2/c1-10-6-7-16-13(8-10)17-14(18)9-19-12-4-2-11(15)3-5-12/h2-8H,9H2,1H3,(H,16,17,18). The molecule has 4 nitrogen and oxygen atoms in total. The van der Waals surface area contributed by atoms with E-state index in [1.54, 1.807) is 24.4 Å². The van der Waals surface area contributed by atoms with E-state index in [0.29, 0.717) is 11.6 Å². The van der Waals surface area contributed by atoms with Crippen LogP contribution < -0.4 is 10.1 Å². The Kier molecular flexibility index (Phi) is 4.52. The molecule has 0 aliphatic heterocycles. The molecule has 1 heterocycles. The van der Waals surface area contributed by atoms with E-state index in [9.17, 15) is 4.79 Å². The van der Waals surface area contributed by atoms with Gasteiger partial charge in [0.15, 0.2) is 6.61 Å². The summed E-state index contributed by atoms with van der Waals surface area (Å²) in [5, 5.41) is 2.68. The number of rotatable bonds is 4. The van der Waals surface area contributed by atoms with Gasteiger partial charge in [-0.1, -0.05) is 15.9 Å². The molecule has 1 N–H and O–H groups in total. The van der Waals surface area contributed by atoms with E-state index in [2.05, 4.69) is 26.2 Å². The molecule has 2 aromatic rings. The van der Waals surface area contributed by atoms with Crippen LogP contribution in [0.25, 0.3) is 0 Å². The van der Waals surface area contributed by atoms with Crippen LogP contribution in [0.3, 0.4) is 0 Å². The van der Waals surface area contributed by atoms with Gasteiger partial charge in [-0.2, -0.15) is 0 Å². The maximum absolute atomic E-state index is 11.7. The average Bonchev–Trinajstić information content (AvgIpc) is 2.38. The fourth-order valence-corrected chi connectivity index (χ4v) is 1.73. The number of halogens is 1. The third-order valence-corrected chi connectivity index (χ3v) is 2.90. The van der Waals surface area contributed by atoms with Crippen LogP contribution in [0.4, 0.5) is 5.82 Å². The molecule has 0 atom stereocenters. The fourth-order valence-electron chi connectivity index (χ4n) is 1.46. The largest absolute Gasteiger partial charge is 0.484 e. The molecule has 2 rings (SSSR count). The Bertz CT molecular complexity index is 570. The highest BCUT2D eigenvalue weighted by Gasteiger charge is 2.04. The van der Waals surface area contributed by atoms with Gasteiger partial charge in [-0.15, -0.1) is 0 Å². The predicted molar refractivity (Wildman–Crippen MR) is 77.2 cm³/mol. The highest BCUT2D eigenvalue weighted by Crippen LogP contribution is 2.16. The number of nitrogens with one attached hydrogen (secondary N) is 1. The van der Waals surface area contributed by atoms with Gasteiger partial charge in [-0.25, -0.2) is 4.98 Å². The van der Waals surface area contributed by atoms with Crippen LogP contribution in [0.5, 0.6) is 5.75 Å². The summed E-state index contributed by atoms with van der Waals surface area (Å²) in [6.07, 6.45) is 1.65. The van der Waals surface area contributed by atoms with Crippen molar-refractivity contribution in [1.29, 1.82) is 0 Å². The van der Waals surface area contributed by atoms with Crippen molar-refractivity contribution in [3.05, 3.63) is 52.6 Å². The maximum Gasteiger partial charge on any atom is 0.263 e. The lowest BCUT2D eigenvalue weighted by molar-refractivity contribution is -0.118. The van der Waals surface area contributed by atoms with E-state index < -0.39 is 0 Å². The zero-order valence-electron chi connectivity index (χ0n) is 10.4. The highest BCUT2D eigenvalue weighted by atomic mass is 79.9. The number of anilines is 1. The number of amides is 1. The summed E-state index contributed by atoms with van der Waals surface area (Å²) in [6.45, 7) is 1.90. The van der Waals surface area contributed by atoms with Crippen molar-refractivity contribution in [2.45, 2.75) is 6.92 Å². The fraction of sp³-hybridized carbons (Fsp3) is 0.143. The molecule has 1 aromatic carbocycles. The van der Waals surface area contributed by atoms with Crippen molar-refractivity contribution in [1.82, 2.24) is 4.98 Å². The zero-order chi connectivity index (χ0) is 13.7. The van der Waals surface area contributed by atoms with Crippen molar-refractivity contribution in [2.24, 2.45) is 0 Å². The second-order valence-electron chi connectivity index (χ2n) is 4.01. The summed E-state index contributed by atoms with van der Waals surface area (Å²) in [5.74, 6) is 0.945. The maximum atomic E-state index is 11.7. The van der Waals surface area contributed by atoms with E-state index in [0.717, 1.165) is 10.0 Å². The number of ether oxygens (including phenoxy) is 1. The topological polar surface area (TPSA) is 51.2 Å². The van der Waals surface area contributed by atoms with Gasteiger partial charge in [0.2, 0.25) is 0 Å². The molecular formula is C14H13BrN2O2. The lowest BCUT2D eigenvalue weighted by atomic mass is 10.3. The van der Waals surface area contributed by atoms with E-state index in [4.69, 9.17) is 4.74 Å². The lowest BCUT2D eigenvalue weighted by Gasteiger charge is -2.07. The average molecular weight is 321 g/mol. The summed E-state index contributed by atoms with van der Waals surface area (Å²) in [4.78, 5) is 15.7. The number of carbonyl (C=O) groups is 1. The number of pyridine rings is 1. The summed E-state index contributed by atoms with van der Waals surface area (Å²) in [6, 6.07) is 11.0. The van der Waals surface area contributed by atoms with Gasteiger partial charge >= 0.3 is 0 Å². The van der Waals surface area contributed by atoms with Crippen LogP contribution in [-0.4, -0.2) is 17.5 Å². The summed E-state index contributed by atoms with van der Waals surface area (Å²) in [5.41, 5.74) is 1.04. The second kappa shape index (κ2) is 6.33. The van der Waals surface area contributed by atoms with E-state index >= 15 is 0 Å². The Balaban J connectivity index is 1.86. The Hall–Kier alpha value is -1.88. The monoisotopic (exact) mass is 320 g/mol. The van der Waals surface area contributed by atoms with Crippen molar-refractivity contribution in [3.8, 4) is 5.75 Å². The minimum Gasteiger partial charge on any atom is -0.484 e. The Labute approximate surface area is 119 Å². The number of benzene rings is 1. The van der Waals surface area contributed by atoms with E-state index in [1.165, 1.54) is 0 Å². The van der Waals surface area contributed by atoms with E-state index in [-0.39, 0.29) is 12.5 Å². The van der Waals surface area contributed by atoms with Crippen molar-refractivity contribution < 1.29 is 9.53 Å². The van der Waals surface area contributed by atoms with Crippen LogP contribution >= 0.6 is 15.9 Å². The van der Waals surface area contributed by atoms with Gasteiger partial charge < -0.3 is 10.1 Å². The molecular weight excluding hydrogens is 308 g/mol. The smallest absolute Gasteiger partial charge is 0.263 e. The van der Waals surface area contributed by atoms with E-state index in [1.807, 2.05) is 25.1 Å². The Morgan fingerprint density at radius 2 is 2.05 bits per heavy atom. The first-order valence-corrected chi connectivity index (χ1v) is 6.53. The summed E-state index contributed by atoms with van der Waals surface area (Å²) >= 11 is 3.33. The number of aryl methyl sites for hydroxylation is 1. The highest BCUT2D eigenvalue weighted by molar-refractivity contribution is 9.10. The van der Waals surface area contributed by atoms with Crippen LogP contribution in [0, 0.1) is 6.92 Å². The molecule has 0 spiro atoms. The third kappa shape index (κ3) is 4.37. The van der Waals surface area contributed by atoms with Crippen LogP contribution in [-0.2, 0) is 4.79 Å². The minimum atomic E-state index is -0.235. The zero-order valence-corrected chi connectivity index (χ0v) is 12.0. The molecule has 0 radical (unpaired) electrons. The molecule has 1 amide bonds. The quantitative estimate of drug-likeness (QED) is 0.941. The van der Waals surface area contributed by atoms with Gasteiger partial charge in [0.25, 0.3) is 5.91 Å². The minimum absolute atomic E-state index is 0.0444. The molecule has 5 heteroatoms. The SMILES string of the molecule is Cc1ccnc(NC(=O)COc2ccc(Br)cc2)c1. The van der Waals surface area contributed by atoms with Crippen LogP contribution in [0.1, 0.15) is 5.56 Å². The molecule has 1 aromatic heterocycles. The molecule has 0 unspecified atom stereocenters. The van der Waals surface area contributed by atoms with Gasteiger partial charge in [0.1, 0.15) is 11.6 Å². The number of carbonyl (C=O) groups excluding carboxylic acids is 1. The molecule has 0 saturated heterocycles. The predicted octanol–water partition coefficient (Wildman–Crippen LogP) is 3.17. The van der Waals surface area contributed by atoms with Gasteiger partial charge in [0, 0.05) is 10.7 Å². The lowest BCUT2D eigenvalue weighted by Crippen LogP contribution is -2.20. The Morgan fingerprint density at radius 1 is 1.32 bits per heavy atom. The van der Waals surface area contributed by atoms with Gasteiger partial charge in [-0.3, -0.25) is 4.79 Å². The number of aromatic nitrogens is 1. The first-order valence-electron chi connectivity index (χ1n) is 5.74.